The van der Waals surface area contributed by atoms with Crippen LogP contribution >= 0.6 is 11.6 Å². The molecule has 1 aromatic carbocycles. The van der Waals surface area contributed by atoms with Gasteiger partial charge >= 0.3 is 0 Å². The highest BCUT2D eigenvalue weighted by molar-refractivity contribution is 6.31. The highest BCUT2D eigenvalue weighted by atomic mass is 35.5. The molecule has 17 heavy (non-hydrogen) atoms. The van der Waals surface area contributed by atoms with Gasteiger partial charge in [0.15, 0.2) is 0 Å². The molecule has 1 aromatic rings. The molecule has 0 spiro atoms. The monoisotopic (exact) mass is 253 g/mol. The molecular formula is C13H13ClFNO. The molecule has 0 unspecified atom stereocenters. The number of hydrogen-bond donors (Lipinski definition) is 0. The summed E-state index contributed by atoms with van der Waals surface area (Å²) in [5.41, 5.74) is -1.01. The van der Waals surface area contributed by atoms with Crippen LogP contribution in [0.25, 0.3) is 0 Å². The van der Waals surface area contributed by atoms with E-state index < -0.39 is 11.2 Å². The Morgan fingerprint density at radius 2 is 2.12 bits per heavy atom. The minimum atomic E-state index is -1.55. The number of aliphatic imine (C=N–C) groups is 1. The largest absolute Gasteiger partial charge is 0.239 e. The molecule has 0 radical (unpaired) electrons. The van der Waals surface area contributed by atoms with Gasteiger partial charge in [0.05, 0.1) is 5.54 Å². The van der Waals surface area contributed by atoms with Crippen molar-refractivity contribution >= 4 is 17.7 Å². The number of carbonyl (C=O) groups excluding carboxylic acids is 1. The lowest BCUT2D eigenvalue weighted by Gasteiger charge is -2.23. The van der Waals surface area contributed by atoms with Crippen molar-refractivity contribution in [1.82, 2.24) is 0 Å². The average Bonchev–Trinajstić information content (AvgIpc) is 2.97. The van der Waals surface area contributed by atoms with Crippen LogP contribution in [0.2, 0.25) is 5.02 Å². The molecule has 0 saturated heterocycles. The first-order valence-corrected chi connectivity index (χ1v) is 5.86. The van der Waals surface area contributed by atoms with Gasteiger partial charge in [-0.1, -0.05) is 23.7 Å². The standard InChI is InChI=1S/C13H13ClFNO/c1-12(2,15)11-9(4-3-5-10(11)14)13(6-7-13)16-8-17/h3-5H,6-7H2,1-2H3. The Hall–Kier alpha value is -1.18. The van der Waals surface area contributed by atoms with Crippen molar-refractivity contribution in [3.05, 3.63) is 34.3 Å². The molecule has 0 atom stereocenters. The predicted octanol–water partition coefficient (Wildman–Crippen LogP) is 3.87. The second-order valence-corrected chi connectivity index (χ2v) is 5.28. The minimum absolute atomic E-state index is 0.377. The molecule has 0 bridgehead atoms. The fourth-order valence-corrected chi connectivity index (χ4v) is 2.56. The van der Waals surface area contributed by atoms with E-state index in [0.717, 1.165) is 12.8 Å². The molecule has 2 rings (SSSR count). The van der Waals surface area contributed by atoms with Gasteiger partial charge in [0, 0.05) is 10.6 Å². The maximum absolute atomic E-state index is 14.2. The molecule has 2 nitrogen and oxygen atoms in total. The van der Waals surface area contributed by atoms with Crippen LogP contribution in [-0.2, 0) is 16.0 Å². The van der Waals surface area contributed by atoms with Crippen molar-refractivity contribution in [1.29, 1.82) is 0 Å². The SMILES string of the molecule is CC(C)(F)c1c(Cl)cccc1C1(N=C=O)CC1. The molecule has 1 aliphatic carbocycles. The Labute approximate surface area is 105 Å². The van der Waals surface area contributed by atoms with Crippen LogP contribution in [0.3, 0.4) is 0 Å². The highest BCUT2D eigenvalue weighted by Crippen LogP contribution is 2.53. The van der Waals surface area contributed by atoms with E-state index in [1.54, 1.807) is 24.3 Å². The second kappa shape index (κ2) is 3.94. The van der Waals surface area contributed by atoms with Crippen LogP contribution in [0.4, 0.5) is 4.39 Å². The molecule has 1 aliphatic rings. The van der Waals surface area contributed by atoms with Crippen LogP contribution in [0, 0.1) is 0 Å². The first-order chi connectivity index (χ1) is 7.91. The van der Waals surface area contributed by atoms with E-state index in [9.17, 15) is 9.18 Å². The Bertz CT molecular complexity index is 497. The van der Waals surface area contributed by atoms with Crippen molar-refractivity contribution in [3.8, 4) is 0 Å². The lowest BCUT2D eigenvalue weighted by molar-refractivity contribution is 0.218. The first-order valence-electron chi connectivity index (χ1n) is 5.48. The summed E-state index contributed by atoms with van der Waals surface area (Å²) in [5.74, 6) is 0. The van der Waals surface area contributed by atoms with Gasteiger partial charge in [0.2, 0.25) is 6.08 Å². The van der Waals surface area contributed by atoms with Crippen molar-refractivity contribution in [3.63, 3.8) is 0 Å². The minimum Gasteiger partial charge on any atom is -0.239 e. The van der Waals surface area contributed by atoms with Gasteiger partial charge in [-0.15, -0.1) is 0 Å². The van der Waals surface area contributed by atoms with Gasteiger partial charge in [0.1, 0.15) is 5.67 Å². The van der Waals surface area contributed by atoms with E-state index in [-0.39, 0.29) is 0 Å². The summed E-state index contributed by atoms with van der Waals surface area (Å²) in [5, 5.41) is 0.377. The summed E-state index contributed by atoms with van der Waals surface area (Å²) in [6, 6.07) is 5.20. The van der Waals surface area contributed by atoms with Gasteiger partial charge < -0.3 is 0 Å². The Kier molecular flexibility index (Phi) is 2.84. The third kappa shape index (κ3) is 2.13. The van der Waals surface area contributed by atoms with Crippen LogP contribution in [0.15, 0.2) is 23.2 Å². The Balaban J connectivity index is 2.63. The summed E-state index contributed by atoms with van der Waals surface area (Å²) in [6.07, 6.45) is 3.06. The van der Waals surface area contributed by atoms with Crippen LogP contribution in [0.5, 0.6) is 0 Å². The number of benzene rings is 1. The quantitative estimate of drug-likeness (QED) is 0.594. The van der Waals surface area contributed by atoms with E-state index in [2.05, 4.69) is 4.99 Å². The number of rotatable bonds is 3. The number of halogens is 2. The summed E-state index contributed by atoms with van der Waals surface area (Å²) in [6.45, 7) is 2.91. The molecule has 0 aliphatic heterocycles. The maximum Gasteiger partial charge on any atom is 0.235 e. The van der Waals surface area contributed by atoms with Gasteiger partial charge in [-0.2, -0.15) is 4.99 Å². The zero-order valence-electron chi connectivity index (χ0n) is 9.76. The average molecular weight is 254 g/mol. The zero-order valence-corrected chi connectivity index (χ0v) is 10.5. The van der Waals surface area contributed by atoms with Crippen LogP contribution < -0.4 is 0 Å². The predicted molar refractivity (Wildman–Crippen MR) is 64.6 cm³/mol. The van der Waals surface area contributed by atoms with E-state index in [4.69, 9.17) is 11.6 Å². The fraction of sp³-hybridized carbons (Fsp3) is 0.462. The lowest BCUT2D eigenvalue weighted by Crippen LogP contribution is -2.17. The Morgan fingerprint density at radius 1 is 1.47 bits per heavy atom. The fourth-order valence-electron chi connectivity index (χ4n) is 2.16. The number of nitrogens with zero attached hydrogens (tertiary/aromatic N) is 1. The highest BCUT2D eigenvalue weighted by Gasteiger charge is 2.48. The van der Waals surface area contributed by atoms with Gasteiger partial charge in [0.25, 0.3) is 0 Å². The molecule has 0 amide bonds. The zero-order chi connectivity index (χ0) is 12.7. The van der Waals surface area contributed by atoms with Gasteiger partial charge in [-0.3, -0.25) is 0 Å². The van der Waals surface area contributed by atoms with Crippen molar-refractivity contribution in [2.45, 2.75) is 37.9 Å². The molecule has 1 saturated carbocycles. The molecule has 1 fully saturated rings. The topological polar surface area (TPSA) is 29.4 Å². The molecule has 0 aromatic heterocycles. The molecule has 90 valence electrons. The summed E-state index contributed by atoms with van der Waals surface area (Å²) in [7, 11) is 0. The maximum atomic E-state index is 14.2. The van der Waals surface area contributed by atoms with Gasteiger partial charge in [-0.25, -0.2) is 9.18 Å². The summed E-state index contributed by atoms with van der Waals surface area (Å²) >= 11 is 6.07. The Morgan fingerprint density at radius 3 is 2.59 bits per heavy atom. The first kappa shape index (κ1) is 12.3. The van der Waals surface area contributed by atoms with E-state index in [0.29, 0.717) is 16.1 Å². The van der Waals surface area contributed by atoms with E-state index in [1.165, 1.54) is 13.8 Å². The number of hydrogen-bond acceptors (Lipinski definition) is 2. The van der Waals surface area contributed by atoms with Crippen molar-refractivity contribution < 1.29 is 9.18 Å². The number of isocyanates is 1. The van der Waals surface area contributed by atoms with Gasteiger partial charge in [-0.05, 0) is 38.3 Å². The molecule has 0 heterocycles. The van der Waals surface area contributed by atoms with Crippen LogP contribution in [0.1, 0.15) is 37.8 Å². The van der Waals surface area contributed by atoms with Crippen LogP contribution in [-0.4, -0.2) is 6.08 Å². The van der Waals surface area contributed by atoms with Crippen molar-refractivity contribution in [2.24, 2.45) is 4.99 Å². The molecule has 0 N–H and O–H groups in total. The third-order valence-corrected chi connectivity index (χ3v) is 3.41. The summed E-state index contributed by atoms with van der Waals surface area (Å²) < 4.78 is 14.2. The lowest BCUT2D eigenvalue weighted by atomic mass is 9.89. The van der Waals surface area contributed by atoms with E-state index in [1.807, 2.05) is 0 Å². The smallest absolute Gasteiger partial charge is 0.235 e. The molecular weight excluding hydrogens is 241 g/mol. The van der Waals surface area contributed by atoms with Crippen molar-refractivity contribution in [2.75, 3.05) is 0 Å². The van der Waals surface area contributed by atoms with E-state index >= 15 is 0 Å². The normalized spacial score (nSPS) is 17.4. The second-order valence-electron chi connectivity index (χ2n) is 4.87. The third-order valence-electron chi connectivity index (χ3n) is 3.09. The summed E-state index contributed by atoms with van der Waals surface area (Å²) in [4.78, 5) is 14.3. The number of alkyl halides is 1. The molecule has 4 heteroatoms.